The second kappa shape index (κ2) is 4.70. The zero-order valence-corrected chi connectivity index (χ0v) is 7.80. The average molecular weight is 160 g/mol. The number of aliphatic hydroxyl groups excluding tert-OH is 1. The second-order valence-corrected chi connectivity index (χ2v) is 3.32. The van der Waals surface area contributed by atoms with E-state index in [9.17, 15) is 0 Å². The molecule has 0 atom stereocenters. The lowest BCUT2D eigenvalue weighted by Gasteiger charge is -2.36. The van der Waals surface area contributed by atoms with Crippen LogP contribution in [-0.4, -0.2) is 41.8 Å². The second-order valence-electron chi connectivity index (χ2n) is 3.32. The molecule has 0 aliphatic rings. The minimum atomic E-state index is 0.0114. The first-order valence-corrected chi connectivity index (χ1v) is 4.14. The van der Waals surface area contributed by atoms with Crippen molar-refractivity contribution in [2.45, 2.75) is 26.3 Å². The molecule has 0 aliphatic carbocycles. The van der Waals surface area contributed by atoms with Crippen molar-refractivity contribution in [3.05, 3.63) is 0 Å². The van der Waals surface area contributed by atoms with E-state index in [1.165, 1.54) is 0 Å². The summed E-state index contributed by atoms with van der Waals surface area (Å²) in [6, 6.07) is 0. The third kappa shape index (κ3) is 3.18. The number of rotatable bonds is 5. The van der Waals surface area contributed by atoms with E-state index in [1.807, 2.05) is 0 Å². The summed E-state index contributed by atoms with van der Waals surface area (Å²) in [5.74, 6) is 0. The molecule has 0 heterocycles. The Labute approximate surface area is 69.2 Å². The normalized spacial score (nSPS) is 12.5. The summed E-state index contributed by atoms with van der Waals surface area (Å²) in [6.07, 6.45) is 0. The van der Waals surface area contributed by atoms with Crippen molar-refractivity contribution < 1.29 is 5.11 Å². The van der Waals surface area contributed by atoms with Gasteiger partial charge in [-0.15, -0.1) is 0 Å². The van der Waals surface area contributed by atoms with Crippen molar-refractivity contribution in [1.82, 2.24) is 4.90 Å². The standard InChI is InChI=1S/C8H20N2O/c1-4-10(5-6-11)8(2,3)7-9/h11H,4-7,9H2,1-3H3. The number of β-amino-alcohol motifs (C(OH)–C–C–N with tert-alkyl or cyclic N) is 1. The molecule has 3 N–H and O–H groups in total. The van der Waals surface area contributed by atoms with Crippen molar-refractivity contribution >= 4 is 0 Å². The summed E-state index contributed by atoms with van der Waals surface area (Å²) in [5, 5.41) is 8.74. The lowest BCUT2D eigenvalue weighted by atomic mass is 10.0. The maximum Gasteiger partial charge on any atom is 0.0558 e. The summed E-state index contributed by atoms with van der Waals surface area (Å²) >= 11 is 0. The highest BCUT2D eigenvalue weighted by molar-refractivity contribution is 4.81. The van der Waals surface area contributed by atoms with Crippen molar-refractivity contribution in [3.63, 3.8) is 0 Å². The van der Waals surface area contributed by atoms with E-state index in [4.69, 9.17) is 10.8 Å². The summed E-state index contributed by atoms with van der Waals surface area (Å²) in [5.41, 5.74) is 5.60. The molecule has 11 heavy (non-hydrogen) atoms. The Balaban J connectivity index is 3.99. The van der Waals surface area contributed by atoms with Crippen LogP contribution >= 0.6 is 0 Å². The van der Waals surface area contributed by atoms with Gasteiger partial charge in [-0.05, 0) is 20.4 Å². The maximum atomic E-state index is 8.74. The summed E-state index contributed by atoms with van der Waals surface area (Å²) in [6.45, 7) is 8.73. The van der Waals surface area contributed by atoms with Crippen LogP contribution in [0.2, 0.25) is 0 Å². The van der Waals surface area contributed by atoms with Gasteiger partial charge in [0.25, 0.3) is 0 Å². The molecule has 0 spiro atoms. The highest BCUT2D eigenvalue weighted by atomic mass is 16.3. The van der Waals surface area contributed by atoms with Gasteiger partial charge in [-0.1, -0.05) is 6.92 Å². The molecular weight excluding hydrogens is 140 g/mol. The molecule has 0 saturated carbocycles. The number of nitrogens with zero attached hydrogens (tertiary/aromatic N) is 1. The van der Waals surface area contributed by atoms with Gasteiger partial charge < -0.3 is 10.8 Å². The van der Waals surface area contributed by atoms with Crippen molar-refractivity contribution in [1.29, 1.82) is 0 Å². The average Bonchev–Trinajstić information content (AvgIpc) is 2.00. The molecule has 0 rings (SSSR count). The van der Waals surface area contributed by atoms with Crippen molar-refractivity contribution in [3.8, 4) is 0 Å². The zero-order valence-electron chi connectivity index (χ0n) is 7.80. The van der Waals surface area contributed by atoms with Crippen molar-refractivity contribution in [2.24, 2.45) is 5.73 Å². The molecule has 0 fully saturated rings. The minimum Gasteiger partial charge on any atom is -0.395 e. The predicted molar refractivity (Wildman–Crippen MR) is 47.5 cm³/mol. The number of hydrogen-bond donors (Lipinski definition) is 2. The van der Waals surface area contributed by atoms with E-state index in [0.29, 0.717) is 13.1 Å². The smallest absolute Gasteiger partial charge is 0.0558 e. The lowest BCUT2D eigenvalue weighted by molar-refractivity contribution is 0.105. The molecular formula is C8H20N2O. The fourth-order valence-electron chi connectivity index (χ4n) is 1.14. The van der Waals surface area contributed by atoms with Gasteiger partial charge in [-0.3, -0.25) is 4.90 Å². The van der Waals surface area contributed by atoms with Crippen LogP contribution in [0.3, 0.4) is 0 Å². The molecule has 0 aromatic carbocycles. The number of aliphatic hydroxyl groups is 1. The van der Waals surface area contributed by atoms with Crippen molar-refractivity contribution in [2.75, 3.05) is 26.2 Å². The van der Waals surface area contributed by atoms with Gasteiger partial charge in [-0.25, -0.2) is 0 Å². The van der Waals surface area contributed by atoms with E-state index < -0.39 is 0 Å². The van der Waals surface area contributed by atoms with Gasteiger partial charge in [0.15, 0.2) is 0 Å². The molecule has 0 aromatic heterocycles. The first kappa shape index (κ1) is 10.9. The van der Waals surface area contributed by atoms with Crippen LogP contribution < -0.4 is 5.73 Å². The summed E-state index contributed by atoms with van der Waals surface area (Å²) in [7, 11) is 0. The third-order valence-corrected chi connectivity index (χ3v) is 2.11. The number of hydrogen-bond acceptors (Lipinski definition) is 3. The fraction of sp³-hybridized carbons (Fsp3) is 1.00. The molecule has 68 valence electrons. The zero-order chi connectivity index (χ0) is 8.91. The van der Waals surface area contributed by atoms with Crippen LogP contribution in [0.1, 0.15) is 20.8 Å². The van der Waals surface area contributed by atoms with E-state index >= 15 is 0 Å². The van der Waals surface area contributed by atoms with E-state index in [2.05, 4.69) is 25.7 Å². The van der Waals surface area contributed by atoms with Crippen LogP contribution in [0.25, 0.3) is 0 Å². The summed E-state index contributed by atoms with van der Waals surface area (Å²) in [4.78, 5) is 2.17. The quantitative estimate of drug-likeness (QED) is 0.597. The molecule has 0 aromatic rings. The van der Waals surface area contributed by atoms with Crippen LogP contribution in [0.4, 0.5) is 0 Å². The molecule has 3 nitrogen and oxygen atoms in total. The third-order valence-electron chi connectivity index (χ3n) is 2.11. The Kier molecular flexibility index (Phi) is 4.65. The Morgan fingerprint density at radius 3 is 2.27 bits per heavy atom. The fourth-order valence-corrected chi connectivity index (χ4v) is 1.14. The van der Waals surface area contributed by atoms with Crippen LogP contribution in [0.5, 0.6) is 0 Å². The highest BCUT2D eigenvalue weighted by Crippen LogP contribution is 2.10. The highest BCUT2D eigenvalue weighted by Gasteiger charge is 2.22. The van der Waals surface area contributed by atoms with Crippen LogP contribution in [0, 0.1) is 0 Å². The van der Waals surface area contributed by atoms with Gasteiger partial charge in [0.1, 0.15) is 0 Å². The topological polar surface area (TPSA) is 49.5 Å². The maximum absolute atomic E-state index is 8.74. The largest absolute Gasteiger partial charge is 0.395 e. The Morgan fingerprint density at radius 1 is 1.45 bits per heavy atom. The van der Waals surface area contributed by atoms with E-state index in [0.717, 1.165) is 6.54 Å². The molecule has 0 amide bonds. The Morgan fingerprint density at radius 2 is 2.00 bits per heavy atom. The predicted octanol–water partition coefficient (Wildman–Crippen LogP) is 0.0379. The Bertz CT molecular complexity index is 104. The summed E-state index contributed by atoms with van der Waals surface area (Å²) < 4.78 is 0. The lowest BCUT2D eigenvalue weighted by Crippen LogP contribution is -2.50. The molecule has 3 heteroatoms. The minimum absolute atomic E-state index is 0.0114. The first-order chi connectivity index (χ1) is 5.08. The van der Waals surface area contributed by atoms with Crippen LogP contribution in [0.15, 0.2) is 0 Å². The first-order valence-electron chi connectivity index (χ1n) is 4.14. The van der Waals surface area contributed by atoms with Crippen LogP contribution in [-0.2, 0) is 0 Å². The molecule has 0 radical (unpaired) electrons. The molecule has 0 aliphatic heterocycles. The van der Waals surface area contributed by atoms with Gasteiger partial charge in [-0.2, -0.15) is 0 Å². The van der Waals surface area contributed by atoms with Gasteiger partial charge in [0.2, 0.25) is 0 Å². The van der Waals surface area contributed by atoms with Gasteiger partial charge in [0, 0.05) is 18.6 Å². The Hall–Kier alpha value is -0.120. The monoisotopic (exact) mass is 160 g/mol. The molecule has 0 unspecified atom stereocenters. The number of nitrogens with two attached hydrogens (primary N) is 1. The van der Waals surface area contributed by atoms with Gasteiger partial charge >= 0.3 is 0 Å². The van der Waals surface area contributed by atoms with E-state index in [-0.39, 0.29) is 12.1 Å². The van der Waals surface area contributed by atoms with E-state index in [1.54, 1.807) is 0 Å². The molecule has 0 bridgehead atoms. The molecule has 0 saturated heterocycles. The number of likely N-dealkylation sites (N-methyl/N-ethyl adjacent to an activating group) is 1. The SMILES string of the molecule is CCN(CCO)C(C)(C)CN. The van der Waals surface area contributed by atoms with Gasteiger partial charge in [0.05, 0.1) is 6.61 Å².